The van der Waals surface area contributed by atoms with Crippen molar-refractivity contribution in [3.05, 3.63) is 58.7 Å². The minimum atomic E-state index is -4.39. The summed E-state index contributed by atoms with van der Waals surface area (Å²) in [5.74, 6) is 0.567. The van der Waals surface area contributed by atoms with Gasteiger partial charge in [0.05, 0.1) is 42.0 Å². The molecule has 0 bridgehead atoms. The highest BCUT2D eigenvalue weighted by molar-refractivity contribution is 5.50. The fourth-order valence-electron chi connectivity index (χ4n) is 5.46. The fourth-order valence-corrected chi connectivity index (χ4v) is 5.46. The highest BCUT2D eigenvalue weighted by atomic mass is 19.4. The van der Waals surface area contributed by atoms with Crippen LogP contribution in [-0.4, -0.2) is 70.7 Å². The number of ether oxygens (including phenoxy) is 1. The van der Waals surface area contributed by atoms with Crippen LogP contribution < -0.4 is 10.2 Å². The number of aromatic nitrogens is 3. The topological polar surface area (TPSA) is 57.9 Å². The summed E-state index contributed by atoms with van der Waals surface area (Å²) in [6.45, 7) is 11.1. The van der Waals surface area contributed by atoms with E-state index in [0.717, 1.165) is 49.3 Å². The number of hydrogen-bond acceptors (Lipinski definition) is 6. The van der Waals surface area contributed by atoms with Gasteiger partial charge < -0.3 is 15.0 Å². The van der Waals surface area contributed by atoms with Crippen LogP contribution in [0.3, 0.4) is 0 Å². The molecule has 2 fully saturated rings. The highest BCUT2D eigenvalue weighted by Crippen LogP contribution is 2.34. The zero-order valence-electron chi connectivity index (χ0n) is 21.0. The second-order valence-corrected chi connectivity index (χ2v) is 10.0. The third kappa shape index (κ3) is 5.21. The Hall–Kier alpha value is -2.69. The van der Waals surface area contributed by atoms with Gasteiger partial charge in [-0.2, -0.15) is 13.2 Å². The summed E-state index contributed by atoms with van der Waals surface area (Å²) in [5, 5.41) is 3.55. The van der Waals surface area contributed by atoms with E-state index in [4.69, 9.17) is 9.72 Å². The number of imidazole rings is 1. The maximum Gasteiger partial charge on any atom is 0.416 e. The highest BCUT2D eigenvalue weighted by Gasteiger charge is 2.33. The summed E-state index contributed by atoms with van der Waals surface area (Å²) in [7, 11) is 0. The number of morpholine rings is 1. The predicted octanol–water partition coefficient (Wildman–Crippen LogP) is 3.67. The molecule has 1 N–H and O–H groups in total. The predicted molar refractivity (Wildman–Crippen MR) is 132 cm³/mol. The van der Waals surface area contributed by atoms with Gasteiger partial charge in [0.1, 0.15) is 0 Å². The third-order valence-corrected chi connectivity index (χ3v) is 7.14. The van der Waals surface area contributed by atoms with Crippen LogP contribution in [0.1, 0.15) is 41.9 Å². The van der Waals surface area contributed by atoms with Gasteiger partial charge >= 0.3 is 6.18 Å². The zero-order chi connectivity index (χ0) is 25.4. The summed E-state index contributed by atoms with van der Waals surface area (Å²) >= 11 is 0. The number of halogens is 3. The molecule has 4 heterocycles. The molecular weight excluding hydrogens is 469 g/mol. The Labute approximate surface area is 209 Å². The van der Waals surface area contributed by atoms with Crippen LogP contribution in [0.4, 0.5) is 18.9 Å². The van der Waals surface area contributed by atoms with Crippen molar-refractivity contribution in [1.29, 1.82) is 0 Å². The number of rotatable bonds is 5. The minimum absolute atomic E-state index is 0.257. The summed E-state index contributed by atoms with van der Waals surface area (Å²) in [4.78, 5) is 14.1. The van der Waals surface area contributed by atoms with Crippen LogP contribution in [0, 0.1) is 6.92 Å². The average molecular weight is 503 g/mol. The minimum Gasteiger partial charge on any atom is -0.378 e. The first-order valence-corrected chi connectivity index (χ1v) is 12.5. The summed E-state index contributed by atoms with van der Waals surface area (Å²) in [5.41, 5.74) is 3.02. The van der Waals surface area contributed by atoms with Gasteiger partial charge in [0, 0.05) is 57.4 Å². The lowest BCUT2D eigenvalue weighted by Crippen LogP contribution is -2.53. The van der Waals surface area contributed by atoms with Gasteiger partial charge in [0.25, 0.3) is 0 Å². The maximum absolute atomic E-state index is 13.6. The van der Waals surface area contributed by atoms with Gasteiger partial charge in [-0.15, -0.1) is 0 Å². The summed E-state index contributed by atoms with van der Waals surface area (Å²) in [6, 6.07) is 5.13. The number of nitrogens with one attached hydrogen (secondary N) is 1. The van der Waals surface area contributed by atoms with Gasteiger partial charge in [-0.05, 0) is 38.0 Å². The molecule has 36 heavy (non-hydrogen) atoms. The van der Waals surface area contributed by atoms with E-state index in [9.17, 15) is 13.2 Å². The lowest BCUT2D eigenvalue weighted by Gasteiger charge is -2.35. The Morgan fingerprint density at radius 2 is 1.83 bits per heavy atom. The largest absolute Gasteiger partial charge is 0.416 e. The van der Waals surface area contributed by atoms with E-state index in [1.54, 1.807) is 13.0 Å². The molecular formula is C26H33F3N6O. The number of fused-ring (bicyclic) bond motifs is 1. The Balaban J connectivity index is 1.56. The van der Waals surface area contributed by atoms with E-state index < -0.39 is 11.7 Å². The first-order valence-electron chi connectivity index (χ1n) is 12.5. The van der Waals surface area contributed by atoms with Crippen LogP contribution in [0.5, 0.6) is 0 Å². The van der Waals surface area contributed by atoms with Crippen LogP contribution in [0.25, 0.3) is 5.78 Å². The van der Waals surface area contributed by atoms with E-state index in [2.05, 4.69) is 33.9 Å². The van der Waals surface area contributed by atoms with Crippen LogP contribution in [0.2, 0.25) is 0 Å². The van der Waals surface area contributed by atoms with Crippen molar-refractivity contribution in [3.8, 4) is 0 Å². The molecule has 3 aromatic rings. The number of benzene rings is 1. The first kappa shape index (κ1) is 25.0. The molecule has 1 aromatic carbocycles. The lowest BCUT2D eigenvalue weighted by atomic mass is 9.97. The van der Waals surface area contributed by atoms with Crippen LogP contribution in [-0.2, 0) is 23.9 Å². The number of hydrogen-bond donors (Lipinski definition) is 1. The molecule has 0 spiro atoms. The molecule has 7 nitrogen and oxygen atoms in total. The van der Waals surface area contributed by atoms with Crippen molar-refractivity contribution in [2.45, 2.75) is 52.0 Å². The Morgan fingerprint density at radius 1 is 1.11 bits per heavy atom. The second kappa shape index (κ2) is 9.99. The molecule has 194 valence electrons. The van der Waals surface area contributed by atoms with Crippen molar-refractivity contribution >= 4 is 11.5 Å². The first-order chi connectivity index (χ1) is 17.2. The molecule has 0 amide bonds. The molecule has 0 radical (unpaired) electrons. The van der Waals surface area contributed by atoms with E-state index >= 15 is 0 Å². The Morgan fingerprint density at radius 3 is 2.53 bits per heavy atom. The Bertz CT molecular complexity index is 1210. The van der Waals surface area contributed by atoms with Gasteiger partial charge in [0.15, 0.2) is 0 Å². The second-order valence-electron chi connectivity index (χ2n) is 10.0. The van der Waals surface area contributed by atoms with Gasteiger partial charge in [0.2, 0.25) is 5.78 Å². The molecule has 10 heteroatoms. The Kier molecular flexibility index (Phi) is 6.93. The van der Waals surface area contributed by atoms with Gasteiger partial charge in [-0.25, -0.2) is 9.97 Å². The maximum atomic E-state index is 13.6. The molecule has 5 rings (SSSR count). The van der Waals surface area contributed by atoms with Crippen molar-refractivity contribution in [2.75, 3.05) is 44.3 Å². The van der Waals surface area contributed by atoms with Crippen LogP contribution in [0.15, 0.2) is 30.6 Å². The summed E-state index contributed by atoms with van der Waals surface area (Å²) in [6.07, 6.45) is -0.199. The lowest BCUT2D eigenvalue weighted by molar-refractivity contribution is -0.138. The summed E-state index contributed by atoms with van der Waals surface area (Å²) < 4.78 is 48.3. The van der Waals surface area contributed by atoms with Crippen LogP contribution >= 0.6 is 0 Å². The monoisotopic (exact) mass is 502 g/mol. The van der Waals surface area contributed by atoms with Crippen molar-refractivity contribution in [1.82, 2.24) is 24.6 Å². The molecule has 2 aromatic heterocycles. The van der Waals surface area contributed by atoms with Crippen molar-refractivity contribution < 1.29 is 17.9 Å². The van der Waals surface area contributed by atoms with E-state index in [-0.39, 0.29) is 5.56 Å². The number of nitrogens with zero attached hydrogens (tertiary/aromatic N) is 5. The number of anilines is 1. The normalized spacial score (nSPS) is 21.9. The molecule has 0 aliphatic carbocycles. The van der Waals surface area contributed by atoms with E-state index in [0.29, 0.717) is 49.6 Å². The quantitative estimate of drug-likeness (QED) is 0.575. The number of alkyl halides is 3. The van der Waals surface area contributed by atoms with Crippen molar-refractivity contribution in [2.24, 2.45) is 0 Å². The molecule has 0 saturated carbocycles. The van der Waals surface area contributed by atoms with Gasteiger partial charge in [-0.3, -0.25) is 9.30 Å². The van der Waals surface area contributed by atoms with Gasteiger partial charge in [-0.1, -0.05) is 12.1 Å². The van der Waals surface area contributed by atoms with Crippen molar-refractivity contribution in [3.63, 3.8) is 0 Å². The number of piperazine rings is 1. The smallest absolute Gasteiger partial charge is 0.378 e. The van der Waals surface area contributed by atoms with E-state index in [1.807, 2.05) is 16.8 Å². The molecule has 2 aliphatic rings. The zero-order valence-corrected chi connectivity index (χ0v) is 21.0. The SMILES string of the molecule is Cc1c(Cc2c(CN3CC(C)N[C@H](C)C3)nc3ncc(N4CCOCC4)cn23)cccc1C(F)(F)F. The molecule has 2 aliphatic heterocycles. The molecule has 2 saturated heterocycles. The molecule has 2 atom stereocenters. The standard InChI is InChI=1S/C26H33F3N6O/c1-17-13-33(14-18(2)31-17)16-23-24(11-20-5-4-6-22(19(20)3)26(27,28)29)35-15-21(12-30-25(35)32-23)34-7-9-36-10-8-34/h4-6,12,15,17-18,31H,7-11,13-14,16H2,1-3H3/t17-,18?/m1/s1. The average Bonchev–Trinajstić information content (AvgIpc) is 3.15. The molecule has 1 unspecified atom stereocenters. The third-order valence-electron chi connectivity index (χ3n) is 7.14. The van der Waals surface area contributed by atoms with E-state index in [1.165, 1.54) is 6.07 Å². The fraction of sp³-hybridized carbons (Fsp3) is 0.538.